The van der Waals surface area contributed by atoms with Crippen LogP contribution in [0.4, 0.5) is 5.69 Å². The van der Waals surface area contributed by atoms with Crippen molar-refractivity contribution in [1.82, 2.24) is 4.98 Å². The van der Waals surface area contributed by atoms with Gasteiger partial charge in [0, 0.05) is 21.8 Å². The van der Waals surface area contributed by atoms with E-state index in [1.54, 1.807) is 31.4 Å². The van der Waals surface area contributed by atoms with Crippen molar-refractivity contribution in [2.45, 2.75) is 0 Å². The maximum atomic E-state index is 12.2. The number of carbonyl (C=O) groups is 1. The Bertz CT molecular complexity index is 1180. The van der Waals surface area contributed by atoms with Gasteiger partial charge in [-0.25, -0.2) is 4.98 Å². The highest BCUT2D eigenvalue weighted by molar-refractivity contribution is 9.10. The van der Waals surface area contributed by atoms with Gasteiger partial charge in [0.15, 0.2) is 5.58 Å². The number of hydrogen-bond donors (Lipinski definition) is 1. The number of hydrogen-bond acceptors (Lipinski definition) is 4. The monoisotopic (exact) mass is 448 g/mol. The van der Waals surface area contributed by atoms with Gasteiger partial charge in [0.1, 0.15) is 11.3 Å². The first-order valence-corrected chi connectivity index (χ1v) is 9.70. The molecule has 0 unspecified atom stereocenters. The van der Waals surface area contributed by atoms with Crippen LogP contribution >= 0.6 is 15.9 Å². The number of ether oxygens (including phenoxy) is 1. The molecule has 0 atom stereocenters. The molecule has 144 valence electrons. The number of nitrogens with zero attached hydrogens (tertiary/aromatic N) is 1. The van der Waals surface area contributed by atoms with Gasteiger partial charge in [-0.3, -0.25) is 4.79 Å². The molecule has 0 aliphatic rings. The quantitative estimate of drug-likeness (QED) is 0.385. The number of fused-ring (bicyclic) bond motifs is 1. The van der Waals surface area contributed by atoms with E-state index in [1.807, 2.05) is 48.5 Å². The number of halogens is 1. The van der Waals surface area contributed by atoms with Gasteiger partial charge >= 0.3 is 0 Å². The number of anilines is 1. The Morgan fingerprint density at radius 1 is 1.07 bits per heavy atom. The second-order valence-electron chi connectivity index (χ2n) is 6.30. The van der Waals surface area contributed by atoms with Gasteiger partial charge < -0.3 is 14.5 Å². The fourth-order valence-electron chi connectivity index (χ4n) is 2.79. The number of benzene rings is 3. The number of carbonyl (C=O) groups excluding carboxylic acids is 1. The zero-order valence-corrected chi connectivity index (χ0v) is 17.1. The zero-order chi connectivity index (χ0) is 20.2. The number of methoxy groups -OCH3 is 1. The molecule has 3 aromatic carbocycles. The number of oxazole rings is 1. The van der Waals surface area contributed by atoms with E-state index >= 15 is 0 Å². The first-order chi connectivity index (χ1) is 14.1. The third-order valence-electron chi connectivity index (χ3n) is 4.29. The van der Waals surface area contributed by atoms with Crippen molar-refractivity contribution in [3.05, 3.63) is 82.8 Å². The molecule has 1 N–H and O–H groups in total. The molecule has 0 aliphatic carbocycles. The molecule has 0 radical (unpaired) electrons. The van der Waals surface area contributed by atoms with Gasteiger partial charge in [0.2, 0.25) is 11.8 Å². The molecule has 1 amide bonds. The molecule has 0 saturated carbocycles. The average Bonchev–Trinajstić information content (AvgIpc) is 3.17. The van der Waals surface area contributed by atoms with E-state index in [2.05, 4.69) is 26.2 Å². The Balaban J connectivity index is 1.49. The lowest BCUT2D eigenvalue weighted by atomic mass is 10.2. The van der Waals surface area contributed by atoms with E-state index in [-0.39, 0.29) is 5.91 Å². The van der Waals surface area contributed by atoms with Crippen LogP contribution in [0.15, 0.2) is 81.7 Å². The molecule has 5 nitrogen and oxygen atoms in total. The summed E-state index contributed by atoms with van der Waals surface area (Å²) in [6.45, 7) is 0. The van der Waals surface area contributed by atoms with E-state index in [0.29, 0.717) is 22.7 Å². The van der Waals surface area contributed by atoms with E-state index < -0.39 is 0 Å². The standard InChI is InChI=1S/C23H17BrN2O3/c1-28-19-10-5-16(6-11-19)23-26-20-14-18(9-12-21(20)29-23)25-22(27)13-4-15-2-7-17(24)8-3-15/h2-14H,1H3,(H,25,27). The van der Waals surface area contributed by atoms with Crippen molar-refractivity contribution in [3.8, 4) is 17.2 Å². The van der Waals surface area contributed by atoms with Crippen molar-refractivity contribution in [2.24, 2.45) is 0 Å². The van der Waals surface area contributed by atoms with Gasteiger partial charge in [-0.15, -0.1) is 0 Å². The van der Waals surface area contributed by atoms with Gasteiger partial charge in [0.05, 0.1) is 7.11 Å². The number of nitrogens with one attached hydrogen (secondary N) is 1. The summed E-state index contributed by atoms with van der Waals surface area (Å²) in [7, 11) is 1.62. The average molecular weight is 449 g/mol. The highest BCUT2D eigenvalue weighted by atomic mass is 79.9. The number of amides is 1. The van der Waals surface area contributed by atoms with Gasteiger partial charge in [0.25, 0.3) is 0 Å². The van der Waals surface area contributed by atoms with Crippen molar-refractivity contribution in [3.63, 3.8) is 0 Å². The molecule has 4 aromatic rings. The van der Waals surface area contributed by atoms with Crippen LogP contribution in [0.1, 0.15) is 5.56 Å². The predicted molar refractivity (Wildman–Crippen MR) is 118 cm³/mol. The highest BCUT2D eigenvalue weighted by Gasteiger charge is 2.09. The Morgan fingerprint density at radius 3 is 2.55 bits per heavy atom. The maximum Gasteiger partial charge on any atom is 0.248 e. The molecule has 0 spiro atoms. The summed E-state index contributed by atoms with van der Waals surface area (Å²) in [5, 5.41) is 2.85. The van der Waals surface area contributed by atoms with Crippen LogP contribution in [-0.2, 0) is 4.79 Å². The first-order valence-electron chi connectivity index (χ1n) is 8.90. The van der Waals surface area contributed by atoms with Crippen molar-refractivity contribution in [2.75, 3.05) is 12.4 Å². The van der Waals surface area contributed by atoms with Crippen molar-refractivity contribution >= 4 is 44.7 Å². The summed E-state index contributed by atoms with van der Waals surface area (Å²) in [6.07, 6.45) is 3.26. The molecule has 6 heteroatoms. The number of aromatic nitrogens is 1. The molecule has 1 aromatic heterocycles. The largest absolute Gasteiger partial charge is 0.497 e. The van der Waals surface area contributed by atoms with E-state index in [4.69, 9.17) is 9.15 Å². The molecule has 0 saturated heterocycles. The fourth-order valence-corrected chi connectivity index (χ4v) is 3.06. The van der Waals surface area contributed by atoms with Gasteiger partial charge in [-0.2, -0.15) is 0 Å². The van der Waals surface area contributed by atoms with Crippen LogP contribution in [-0.4, -0.2) is 18.0 Å². The summed E-state index contributed by atoms with van der Waals surface area (Å²) >= 11 is 3.39. The molecular formula is C23H17BrN2O3. The second-order valence-corrected chi connectivity index (χ2v) is 7.22. The highest BCUT2D eigenvalue weighted by Crippen LogP contribution is 2.27. The van der Waals surface area contributed by atoms with Crippen molar-refractivity contribution in [1.29, 1.82) is 0 Å². The summed E-state index contributed by atoms with van der Waals surface area (Å²) in [4.78, 5) is 16.7. The lowest BCUT2D eigenvalue weighted by molar-refractivity contribution is -0.111. The van der Waals surface area contributed by atoms with E-state index in [9.17, 15) is 4.79 Å². The van der Waals surface area contributed by atoms with Crippen LogP contribution in [0.5, 0.6) is 5.75 Å². The fraction of sp³-hybridized carbons (Fsp3) is 0.0435. The molecule has 4 rings (SSSR count). The SMILES string of the molecule is COc1ccc(-c2nc3cc(NC(=O)C=Cc4ccc(Br)cc4)ccc3o2)cc1. The smallest absolute Gasteiger partial charge is 0.248 e. The summed E-state index contributed by atoms with van der Waals surface area (Å²) in [5.41, 5.74) is 3.77. The molecule has 0 aliphatic heterocycles. The number of rotatable bonds is 5. The summed E-state index contributed by atoms with van der Waals surface area (Å²) < 4.78 is 12.0. The van der Waals surface area contributed by atoms with Crippen molar-refractivity contribution < 1.29 is 13.9 Å². The lowest BCUT2D eigenvalue weighted by Gasteiger charge is -2.01. The van der Waals surface area contributed by atoms with Gasteiger partial charge in [-0.1, -0.05) is 28.1 Å². The van der Waals surface area contributed by atoms with E-state index in [0.717, 1.165) is 21.3 Å². The Hall–Kier alpha value is -3.38. The predicted octanol–water partition coefficient (Wildman–Crippen LogP) is 5.92. The van der Waals surface area contributed by atoms with Crippen LogP contribution in [0, 0.1) is 0 Å². The molecule has 0 bridgehead atoms. The minimum Gasteiger partial charge on any atom is -0.497 e. The third-order valence-corrected chi connectivity index (χ3v) is 4.82. The molecule has 1 heterocycles. The Morgan fingerprint density at radius 2 is 1.83 bits per heavy atom. The van der Waals surface area contributed by atoms with Crippen LogP contribution in [0.2, 0.25) is 0 Å². The molecular weight excluding hydrogens is 432 g/mol. The van der Waals surface area contributed by atoms with Crippen LogP contribution in [0.25, 0.3) is 28.6 Å². The van der Waals surface area contributed by atoms with Crippen LogP contribution < -0.4 is 10.1 Å². The first kappa shape index (κ1) is 19.0. The summed E-state index contributed by atoms with van der Waals surface area (Å²) in [5.74, 6) is 1.07. The third kappa shape index (κ3) is 4.55. The minimum atomic E-state index is -0.217. The summed E-state index contributed by atoms with van der Waals surface area (Å²) in [6, 6.07) is 20.6. The minimum absolute atomic E-state index is 0.217. The molecule has 29 heavy (non-hydrogen) atoms. The topological polar surface area (TPSA) is 64.4 Å². The molecule has 0 fully saturated rings. The van der Waals surface area contributed by atoms with Crippen LogP contribution in [0.3, 0.4) is 0 Å². The lowest BCUT2D eigenvalue weighted by Crippen LogP contribution is -2.07. The Kier molecular flexibility index (Phi) is 5.44. The van der Waals surface area contributed by atoms with Gasteiger partial charge in [-0.05, 0) is 66.2 Å². The zero-order valence-electron chi connectivity index (χ0n) is 15.6. The second kappa shape index (κ2) is 8.32. The maximum absolute atomic E-state index is 12.2. The van der Waals surface area contributed by atoms with E-state index in [1.165, 1.54) is 6.08 Å². The Labute approximate surface area is 176 Å². The normalized spacial score (nSPS) is 11.1.